The molecule has 3 aliphatic carbocycles. The summed E-state index contributed by atoms with van der Waals surface area (Å²) in [5.74, 6) is 0.782. The molecule has 5 aromatic rings. The number of anilines is 3. The van der Waals surface area contributed by atoms with Crippen LogP contribution in [0.15, 0.2) is 199 Å². The van der Waals surface area contributed by atoms with E-state index in [1.165, 1.54) is 49.8 Å². The molecular weight excluding hydrogens is 579 g/mol. The molecule has 0 saturated heterocycles. The second-order valence-corrected chi connectivity index (χ2v) is 12.9. The van der Waals surface area contributed by atoms with E-state index in [1.54, 1.807) is 0 Å². The Labute approximate surface area is 284 Å². The molecule has 0 aromatic heterocycles. The van der Waals surface area contributed by atoms with E-state index in [4.69, 9.17) is 0 Å². The molecule has 0 saturated carbocycles. The van der Waals surface area contributed by atoms with Crippen molar-refractivity contribution in [2.24, 2.45) is 11.8 Å². The Balaban J connectivity index is 1.08. The maximum atomic E-state index is 3.86. The van der Waals surface area contributed by atoms with Gasteiger partial charge < -0.3 is 4.90 Å². The molecule has 8 rings (SSSR count). The van der Waals surface area contributed by atoms with Crippen LogP contribution in [0.25, 0.3) is 27.5 Å². The average molecular weight is 618 g/mol. The van der Waals surface area contributed by atoms with Gasteiger partial charge in [0.1, 0.15) is 0 Å². The van der Waals surface area contributed by atoms with E-state index >= 15 is 0 Å². The highest BCUT2D eigenvalue weighted by Gasteiger charge is 2.28. The van der Waals surface area contributed by atoms with Crippen LogP contribution in [0, 0.1) is 11.8 Å². The number of rotatable bonds is 8. The Morgan fingerprint density at radius 2 is 1.31 bits per heavy atom. The van der Waals surface area contributed by atoms with Gasteiger partial charge in [0.15, 0.2) is 0 Å². The molecule has 0 heterocycles. The second kappa shape index (κ2) is 13.2. The third kappa shape index (κ3) is 5.85. The molecule has 5 aromatic carbocycles. The number of hydrogen-bond acceptors (Lipinski definition) is 1. The number of nitrogens with zero attached hydrogens (tertiary/aromatic N) is 1. The van der Waals surface area contributed by atoms with E-state index in [0.29, 0.717) is 11.8 Å². The third-order valence-corrected chi connectivity index (χ3v) is 9.87. The van der Waals surface area contributed by atoms with Crippen LogP contribution in [0.2, 0.25) is 0 Å². The molecule has 1 nitrogen and oxygen atoms in total. The monoisotopic (exact) mass is 617 g/mol. The first kappa shape index (κ1) is 29.7. The highest BCUT2D eigenvalue weighted by molar-refractivity contribution is 5.97. The van der Waals surface area contributed by atoms with Crippen LogP contribution >= 0.6 is 0 Å². The maximum absolute atomic E-state index is 3.86. The van der Waals surface area contributed by atoms with Crippen LogP contribution in [0.3, 0.4) is 0 Å². The van der Waals surface area contributed by atoms with E-state index in [1.807, 2.05) is 6.08 Å². The number of allylic oxidation sites excluding steroid dienone is 13. The van der Waals surface area contributed by atoms with Crippen LogP contribution < -0.4 is 4.90 Å². The van der Waals surface area contributed by atoms with Crippen LogP contribution in [0.5, 0.6) is 0 Å². The number of benzene rings is 5. The van der Waals surface area contributed by atoms with Gasteiger partial charge in [-0.3, -0.25) is 0 Å². The molecule has 0 fully saturated rings. The highest BCUT2D eigenvalue weighted by Crippen LogP contribution is 2.43. The smallest absolute Gasteiger partial charge is 0.0462 e. The van der Waals surface area contributed by atoms with Gasteiger partial charge in [-0.25, -0.2) is 0 Å². The topological polar surface area (TPSA) is 3.24 Å². The second-order valence-electron chi connectivity index (χ2n) is 12.9. The molecule has 232 valence electrons. The van der Waals surface area contributed by atoms with E-state index in [-0.39, 0.29) is 0 Å². The molecule has 0 amide bonds. The van der Waals surface area contributed by atoms with Gasteiger partial charge in [-0.2, -0.15) is 0 Å². The molecule has 0 radical (unpaired) electrons. The fourth-order valence-corrected chi connectivity index (χ4v) is 7.38. The van der Waals surface area contributed by atoms with E-state index in [0.717, 1.165) is 36.3 Å². The van der Waals surface area contributed by atoms with Crippen LogP contribution in [-0.4, -0.2) is 0 Å². The van der Waals surface area contributed by atoms with Crippen molar-refractivity contribution < 1.29 is 0 Å². The number of hydrogen-bond donors (Lipinski definition) is 0. The summed E-state index contributed by atoms with van der Waals surface area (Å²) in [7, 11) is 0. The molecule has 2 unspecified atom stereocenters. The number of para-hydroxylation sites is 1. The summed E-state index contributed by atoms with van der Waals surface area (Å²) in [5, 5.41) is 2.54. The maximum Gasteiger partial charge on any atom is 0.0462 e. The van der Waals surface area contributed by atoms with E-state index < -0.39 is 0 Å². The highest BCUT2D eigenvalue weighted by atomic mass is 15.1. The van der Waals surface area contributed by atoms with Crippen molar-refractivity contribution in [1.29, 1.82) is 0 Å². The standard InChI is InChI=1S/C47H39N/c1-2-3-5-11-34-18-31-46-40(32-34)22-20-38-19-21-39(33-47(38)46)35-23-27-42(28-24-35)48(41-14-6-4-7-15-41)43-29-25-37(26-30-43)45-17-10-13-36-12-8-9-16-44(36)45/h2,4,6-31,33,38,47H,1,3,5,32H2/b34-11-. The van der Waals surface area contributed by atoms with Crippen molar-refractivity contribution in [1.82, 2.24) is 0 Å². The Hall–Kier alpha value is -5.66. The molecular formula is C47H39N. The predicted octanol–water partition coefficient (Wildman–Crippen LogP) is 12.9. The first-order valence-electron chi connectivity index (χ1n) is 17.1. The number of unbranched alkanes of at least 4 members (excludes halogenated alkanes) is 1. The van der Waals surface area contributed by atoms with Crippen LogP contribution in [0.4, 0.5) is 17.1 Å². The third-order valence-electron chi connectivity index (χ3n) is 9.87. The fourth-order valence-electron chi connectivity index (χ4n) is 7.38. The first-order valence-corrected chi connectivity index (χ1v) is 17.1. The van der Waals surface area contributed by atoms with Gasteiger partial charge in [0, 0.05) is 28.9 Å². The van der Waals surface area contributed by atoms with Gasteiger partial charge in [-0.15, -0.1) is 6.58 Å². The molecule has 0 N–H and O–H groups in total. The van der Waals surface area contributed by atoms with Gasteiger partial charge in [-0.1, -0.05) is 140 Å². The Morgan fingerprint density at radius 1 is 0.625 bits per heavy atom. The first-order chi connectivity index (χ1) is 23.7. The SMILES string of the molecule is C=CCC/C=C1/C=CC2=C(C=CC3C=CC(c4ccc(N(c5ccccc5)c5ccc(-c6cccc7ccccc67)cc5)cc4)=CC23)C1. The number of fused-ring (bicyclic) bond motifs is 3. The molecule has 0 bridgehead atoms. The zero-order valence-corrected chi connectivity index (χ0v) is 27.2. The van der Waals surface area contributed by atoms with Crippen molar-refractivity contribution in [3.63, 3.8) is 0 Å². The Morgan fingerprint density at radius 3 is 2.10 bits per heavy atom. The van der Waals surface area contributed by atoms with Crippen LogP contribution in [0.1, 0.15) is 24.8 Å². The molecule has 3 aliphatic rings. The van der Waals surface area contributed by atoms with Gasteiger partial charge in [0.25, 0.3) is 0 Å². The largest absolute Gasteiger partial charge is 0.311 e. The average Bonchev–Trinajstić information content (AvgIpc) is 3.15. The molecule has 1 heteroatoms. The minimum atomic E-state index is 0.372. The van der Waals surface area contributed by atoms with Crippen molar-refractivity contribution in [2.75, 3.05) is 4.90 Å². The van der Waals surface area contributed by atoms with Crippen molar-refractivity contribution in [3.8, 4) is 11.1 Å². The summed E-state index contributed by atoms with van der Waals surface area (Å²) in [4.78, 5) is 2.34. The Kier molecular flexibility index (Phi) is 8.19. The lowest BCUT2D eigenvalue weighted by Gasteiger charge is -2.32. The quantitative estimate of drug-likeness (QED) is 0.124. The minimum absolute atomic E-state index is 0.372. The summed E-state index contributed by atoms with van der Waals surface area (Å²) in [6, 6.07) is 43.8. The van der Waals surface area contributed by atoms with Crippen LogP contribution in [-0.2, 0) is 0 Å². The molecule has 0 spiro atoms. The lowest BCUT2D eigenvalue weighted by molar-refractivity contribution is 0.627. The van der Waals surface area contributed by atoms with Crippen molar-refractivity contribution >= 4 is 33.4 Å². The van der Waals surface area contributed by atoms with Gasteiger partial charge in [0.05, 0.1) is 0 Å². The molecule has 48 heavy (non-hydrogen) atoms. The molecule has 0 aliphatic heterocycles. The van der Waals surface area contributed by atoms with E-state index in [9.17, 15) is 0 Å². The molecule has 2 atom stereocenters. The fraction of sp³-hybridized carbons (Fsp3) is 0.106. The summed E-state index contributed by atoms with van der Waals surface area (Å²) in [6.07, 6.45) is 24.1. The summed E-state index contributed by atoms with van der Waals surface area (Å²) in [6.45, 7) is 3.86. The summed E-state index contributed by atoms with van der Waals surface area (Å²) < 4.78 is 0. The minimum Gasteiger partial charge on any atom is -0.311 e. The van der Waals surface area contributed by atoms with Gasteiger partial charge in [0.2, 0.25) is 0 Å². The zero-order chi connectivity index (χ0) is 32.3. The normalized spacial score (nSPS) is 18.8. The lowest BCUT2D eigenvalue weighted by atomic mass is 9.72. The van der Waals surface area contributed by atoms with Gasteiger partial charge >= 0.3 is 0 Å². The Bertz CT molecular complexity index is 2150. The van der Waals surface area contributed by atoms with Crippen molar-refractivity contribution in [3.05, 3.63) is 205 Å². The van der Waals surface area contributed by atoms with Gasteiger partial charge in [-0.05, 0) is 105 Å². The predicted molar refractivity (Wildman–Crippen MR) is 206 cm³/mol. The van der Waals surface area contributed by atoms with Crippen molar-refractivity contribution in [2.45, 2.75) is 19.3 Å². The summed E-state index contributed by atoms with van der Waals surface area (Å²) in [5.41, 5.74) is 12.7. The van der Waals surface area contributed by atoms with E-state index in [2.05, 4.69) is 181 Å². The lowest BCUT2D eigenvalue weighted by Crippen LogP contribution is -2.19. The zero-order valence-electron chi connectivity index (χ0n) is 27.2. The summed E-state index contributed by atoms with van der Waals surface area (Å²) >= 11 is 0.